The zero-order chi connectivity index (χ0) is 13.0. The van der Waals surface area contributed by atoms with E-state index in [-0.39, 0.29) is 29.2 Å². The highest BCUT2D eigenvalue weighted by Crippen LogP contribution is 2.28. The number of hydrogen-bond acceptors (Lipinski definition) is 5. The highest BCUT2D eigenvalue weighted by Gasteiger charge is 2.20. The molecular formula is C12H14O5. The Morgan fingerprint density at radius 2 is 1.88 bits per heavy atom. The molecule has 0 aliphatic carbocycles. The highest BCUT2D eigenvalue weighted by molar-refractivity contribution is 5.89. The monoisotopic (exact) mass is 238 g/mol. The fraction of sp³-hybridized carbons (Fsp3) is 0.250. The van der Waals surface area contributed by atoms with E-state index in [0.717, 1.165) is 6.07 Å². The van der Waals surface area contributed by atoms with Crippen molar-refractivity contribution in [3.63, 3.8) is 0 Å². The van der Waals surface area contributed by atoms with E-state index in [1.807, 2.05) is 0 Å². The van der Waals surface area contributed by atoms with E-state index in [1.165, 1.54) is 12.1 Å². The molecule has 0 heterocycles. The lowest BCUT2D eigenvalue weighted by Gasteiger charge is -2.13. The zero-order valence-corrected chi connectivity index (χ0v) is 9.38. The summed E-state index contributed by atoms with van der Waals surface area (Å²) >= 11 is 0. The summed E-state index contributed by atoms with van der Waals surface area (Å²) in [6.45, 7) is 5.23. The van der Waals surface area contributed by atoms with Gasteiger partial charge in [0.25, 0.3) is 0 Å². The van der Waals surface area contributed by atoms with Gasteiger partial charge in [-0.05, 0) is 24.6 Å². The van der Waals surface area contributed by atoms with Gasteiger partial charge >= 0.3 is 5.97 Å². The minimum absolute atomic E-state index is 0.156. The van der Waals surface area contributed by atoms with Crippen molar-refractivity contribution in [1.82, 2.24) is 0 Å². The third-order valence-corrected chi connectivity index (χ3v) is 2.11. The first-order valence-electron chi connectivity index (χ1n) is 5.02. The van der Waals surface area contributed by atoms with Crippen molar-refractivity contribution in [2.45, 2.75) is 13.0 Å². The van der Waals surface area contributed by atoms with Crippen LogP contribution in [0.1, 0.15) is 18.6 Å². The van der Waals surface area contributed by atoms with Crippen molar-refractivity contribution < 1.29 is 24.9 Å². The van der Waals surface area contributed by atoms with Crippen molar-refractivity contribution in [2.75, 3.05) is 6.61 Å². The average Bonchev–Trinajstić information content (AvgIpc) is 2.26. The van der Waals surface area contributed by atoms with E-state index in [2.05, 4.69) is 11.3 Å². The molecule has 0 aliphatic heterocycles. The third-order valence-electron chi connectivity index (χ3n) is 2.11. The molecule has 0 amide bonds. The molecule has 0 aliphatic rings. The van der Waals surface area contributed by atoms with Gasteiger partial charge < -0.3 is 20.1 Å². The number of carbonyl (C=O) groups excluding carboxylic acids is 1. The quantitative estimate of drug-likeness (QED) is 0.543. The average molecular weight is 238 g/mol. The van der Waals surface area contributed by atoms with Crippen LogP contribution >= 0.6 is 0 Å². The summed E-state index contributed by atoms with van der Waals surface area (Å²) in [6, 6.07) is 3.58. The summed E-state index contributed by atoms with van der Waals surface area (Å²) in [5.74, 6) is -1.14. The number of rotatable bonds is 4. The molecule has 0 saturated heterocycles. The van der Waals surface area contributed by atoms with E-state index in [4.69, 9.17) is 0 Å². The second-order valence-electron chi connectivity index (χ2n) is 3.43. The predicted octanol–water partition coefficient (Wildman–Crippen LogP) is 1.25. The van der Waals surface area contributed by atoms with E-state index in [0.29, 0.717) is 0 Å². The second kappa shape index (κ2) is 5.36. The molecule has 0 bridgehead atoms. The first-order chi connectivity index (χ1) is 7.95. The topological polar surface area (TPSA) is 87.0 Å². The van der Waals surface area contributed by atoms with Gasteiger partial charge in [-0.15, -0.1) is 0 Å². The molecule has 0 saturated carbocycles. The number of phenolic OH excluding ortho intramolecular Hbond substituents is 2. The van der Waals surface area contributed by atoms with Crippen molar-refractivity contribution in [1.29, 1.82) is 0 Å². The number of aliphatic hydroxyl groups excluding tert-OH is 1. The van der Waals surface area contributed by atoms with Crippen LogP contribution in [0.5, 0.6) is 11.5 Å². The first kappa shape index (κ1) is 13.1. The molecule has 1 aromatic carbocycles. The van der Waals surface area contributed by atoms with Crippen LogP contribution in [0.4, 0.5) is 0 Å². The number of carbonyl (C=O) groups is 1. The SMILES string of the molecule is C=C(C(=O)OCC)C(O)c1cc(O)cc(O)c1. The molecule has 0 spiro atoms. The summed E-state index contributed by atoms with van der Waals surface area (Å²) in [6.07, 6.45) is -1.33. The maximum atomic E-state index is 11.3. The Hall–Kier alpha value is -2.01. The minimum atomic E-state index is -1.33. The van der Waals surface area contributed by atoms with Gasteiger partial charge in [-0.25, -0.2) is 4.79 Å². The van der Waals surface area contributed by atoms with Gasteiger partial charge in [0.1, 0.15) is 17.6 Å². The fourth-order valence-corrected chi connectivity index (χ4v) is 1.31. The van der Waals surface area contributed by atoms with Crippen molar-refractivity contribution in [3.05, 3.63) is 35.9 Å². The molecule has 92 valence electrons. The Balaban J connectivity index is 2.92. The lowest BCUT2D eigenvalue weighted by atomic mass is 10.0. The fourth-order valence-electron chi connectivity index (χ4n) is 1.31. The smallest absolute Gasteiger partial charge is 0.336 e. The molecule has 1 unspecified atom stereocenters. The van der Waals surface area contributed by atoms with Crippen molar-refractivity contribution in [3.8, 4) is 11.5 Å². The largest absolute Gasteiger partial charge is 0.508 e. The Bertz CT molecular complexity index is 418. The van der Waals surface area contributed by atoms with Gasteiger partial charge in [-0.2, -0.15) is 0 Å². The highest BCUT2D eigenvalue weighted by atomic mass is 16.5. The van der Waals surface area contributed by atoms with Crippen LogP contribution in [0.2, 0.25) is 0 Å². The van der Waals surface area contributed by atoms with Crippen molar-refractivity contribution in [2.24, 2.45) is 0 Å². The molecule has 0 radical (unpaired) electrons. The van der Waals surface area contributed by atoms with Crippen LogP contribution in [0.25, 0.3) is 0 Å². The predicted molar refractivity (Wildman–Crippen MR) is 60.5 cm³/mol. The first-order valence-corrected chi connectivity index (χ1v) is 5.02. The van der Waals surface area contributed by atoms with Crippen molar-refractivity contribution >= 4 is 5.97 Å². The van der Waals surface area contributed by atoms with Crippen LogP contribution in [0, 0.1) is 0 Å². The van der Waals surface area contributed by atoms with Gasteiger partial charge in [0.15, 0.2) is 0 Å². The lowest BCUT2D eigenvalue weighted by Crippen LogP contribution is -2.13. The number of aliphatic hydroxyl groups is 1. The van der Waals surface area contributed by atoms with E-state index >= 15 is 0 Å². The second-order valence-corrected chi connectivity index (χ2v) is 3.43. The van der Waals surface area contributed by atoms with Crippen LogP contribution in [0.3, 0.4) is 0 Å². The molecule has 1 aromatic rings. The summed E-state index contributed by atoms with van der Waals surface area (Å²) in [5, 5.41) is 28.3. The normalized spacial score (nSPS) is 11.9. The van der Waals surface area contributed by atoms with Gasteiger partial charge in [-0.3, -0.25) is 0 Å². The summed E-state index contributed by atoms with van der Waals surface area (Å²) < 4.78 is 4.68. The Morgan fingerprint density at radius 1 is 1.35 bits per heavy atom. The molecular weight excluding hydrogens is 224 g/mol. The molecule has 3 N–H and O–H groups in total. The summed E-state index contributed by atoms with van der Waals surface area (Å²) in [5.41, 5.74) is 0.0115. The third kappa shape index (κ3) is 3.22. The van der Waals surface area contributed by atoms with Crippen LogP contribution in [-0.4, -0.2) is 27.9 Å². The van der Waals surface area contributed by atoms with Gasteiger partial charge in [-0.1, -0.05) is 6.58 Å². The molecule has 5 nitrogen and oxygen atoms in total. The van der Waals surface area contributed by atoms with E-state index in [9.17, 15) is 20.1 Å². The Labute approximate surface area is 98.6 Å². The zero-order valence-electron chi connectivity index (χ0n) is 9.38. The van der Waals surface area contributed by atoms with Gasteiger partial charge in [0, 0.05) is 6.07 Å². The molecule has 17 heavy (non-hydrogen) atoms. The van der Waals surface area contributed by atoms with Gasteiger partial charge in [0.2, 0.25) is 0 Å². The molecule has 0 fully saturated rings. The van der Waals surface area contributed by atoms with Crippen LogP contribution in [0.15, 0.2) is 30.4 Å². The Morgan fingerprint density at radius 3 is 2.35 bits per heavy atom. The van der Waals surface area contributed by atoms with Crippen LogP contribution in [-0.2, 0) is 9.53 Å². The minimum Gasteiger partial charge on any atom is -0.508 e. The summed E-state index contributed by atoms with van der Waals surface area (Å²) in [7, 11) is 0. The molecule has 1 rings (SSSR count). The number of benzene rings is 1. The molecule has 0 aromatic heterocycles. The van der Waals surface area contributed by atoms with E-state index in [1.54, 1.807) is 6.92 Å². The standard InChI is InChI=1S/C12H14O5/c1-3-17-12(16)7(2)11(15)8-4-9(13)6-10(14)5-8/h4-6,11,13-15H,2-3H2,1H3. The number of phenols is 2. The van der Waals surface area contributed by atoms with Crippen LogP contribution < -0.4 is 0 Å². The molecule has 5 heteroatoms. The van der Waals surface area contributed by atoms with Gasteiger partial charge in [0.05, 0.1) is 12.2 Å². The maximum absolute atomic E-state index is 11.3. The number of ether oxygens (including phenoxy) is 1. The lowest BCUT2D eigenvalue weighted by molar-refractivity contribution is -0.139. The number of esters is 1. The van der Waals surface area contributed by atoms with E-state index < -0.39 is 12.1 Å². The number of aromatic hydroxyl groups is 2. The number of hydrogen-bond donors (Lipinski definition) is 3. The Kier molecular flexibility index (Phi) is 4.12. The maximum Gasteiger partial charge on any atom is 0.336 e. The molecule has 1 atom stereocenters. The summed E-state index contributed by atoms with van der Waals surface area (Å²) in [4.78, 5) is 11.3.